The molecule has 0 unspecified atom stereocenters. The van der Waals surface area contributed by atoms with E-state index in [1.165, 1.54) is 51.2 Å². The molecule has 96 valence electrons. The van der Waals surface area contributed by atoms with Crippen molar-refractivity contribution in [3.8, 4) is 0 Å². The number of carbonyl (C=O) groups is 1. The van der Waals surface area contributed by atoms with Crippen LogP contribution in [0.3, 0.4) is 0 Å². The van der Waals surface area contributed by atoms with Gasteiger partial charge in [0, 0.05) is 5.41 Å². The van der Waals surface area contributed by atoms with Crippen molar-refractivity contribution in [1.29, 1.82) is 0 Å². The lowest BCUT2D eigenvalue weighted by atomic mass is 9.61. The Kier molecular flexibility index (Phi) is 4.42. The largest absolute Gasteiger partial charge is 0.303 e. The fraction of sp³-hybridized carbons (Fsp3) is 0.812. The van der Waals surface area contributed by atoms with Gasteiger partial charge in [-0.1, -0.05) is 31.4 Å². The summed E-state index contributed by atoms with van der Waals surface area (Å²) in [5.74, 6) is 1.46. The standard InChI is InChI=1S/C16H26O/c1-2-6-14-7-9-15(10-8-14)16(13-17)11-4-3-5-12-16/h2,6,13-15H,3-5,7-12H2,1H3/t14-,15-. The van der Waals surface area contributed by atoms with Gasteiger partial charge in [0.05, 0.1) is 0 Å². The molecule has 2 saturated carbocycles. The van der Waals surface area contributed by atoms with E-state index in [0.717, 1.165) is 18.8 Å². The Morgan fingerprint density at radius 1 is 1.00 bits per heavy atom. The fourth-order valence-electron chi connectivity index (χ4n) is 3.99. The summed E-state index contributed by atoms with van der Waals surface area (Å²) in [5, 5.41) is 0. The molecule has 17 heavy (non-hydrogen) atoms. The summed E-state index contributed by atoms with van der Waals surface area (Å²) in [7, 11) is 0. The van der Waals surface area contributed by atoms with Crippen molar-refractivity contribution >= 4 is 6.29 Å². The summed E-state index contributed by atoms with van der Waals surface area (Å²) >= 11 is 0. The number of carbonyl (C=O) groups excluding carboxylic acids is 1. The van der Waals surface area contributed by atoms with Crippen molar-refractivity contribution in [2.45, 2.75) is 64.7 Å². The molecule has 0 N–H and O–H groups in total. The maximum Gasteiger partial charge on any atom is 0.126 e. The van der Waals surface area contributed by atoms with Crippen LogP contribution in [0.4, 0.5) is 0 Å². The van der Waals surface area contributed by atoms with Gasteiger partial charge in [0.2, 0.25) is 0 Å². The molecule has 0 amide bonds. The van der Waals surface area contributed by atoms with Crippen LogP contribution in [0.5, 0.6) is 0 Å². The van der Waals surface area contributed by atoms with Crippen LogP contribution in [-0.2, 0) is 4.79 Å². The first kappa shape index (κ1) is 12.9. The summed E-state index contributed by atoms with van der Waals surface area (Å²) in [5.41, 5.74) is 0.0686. The van der Waals surface area contributed by atoms with E-state index in [2.05, 4.69) is 19.1 Å². The van der Waals surface area contributed by atoms with Crippen LogP contribution in [0.2, 0.25) is 0 Å². The van der Waals surface area contributed by atoms with E-state index in [0.29, 0.717) is 5.92 Å². The van der Waals surface area contributed by atoms with Gasteiger partial charge in [-0.15, -0.1) is 0 Å². The zero-order valence-corrected chi connectivity index (χ0v) is 11.2. The molecule has 0 aromatic rings. The maximum atomic E-state index is 11.6. The highest BCUT2D eigenvalue weighted by molar-refractivity contribution is 5.60. The molecule has 0 aliphatic heterocycles. The summed E-state index contributed by atoms with van der Waals surface area (Å²) in [6.45, 7) is 2.11. The van der Waals surface area contributed by atoms with Gasteiger partial charge in [-0.3, -0.25) is 0 Å². The van der Waals surface area contributed by atoms with E-state index in [1.54, 1.807) is 0 Å². The number of hydrogen-bond donors (Lipinski definition) is 0. The van der Waals surface area contributed by atoms with Gasteiger partial charge >= 0.3 is 0 Å². The van der Waals surface area contributed by atoms with Crippen molar-refractivity contribution in [3.05, 3.63) is 12.2 Å². The molecule has 1 nitrogen and oxygen atoms in total. The summed E-state index contributed by atoms with van der Waals surface area (Å²) in [6.07, 6.45) is 17.2. The third kappa shape index (κ3) is 2.81. The number of allylic oxidation sites excluding steroid dienone is 2. The minimum Gasteiger partial charge on any atom is -0.303 e. The van der Waals surface area contributed by atoms with Crippen LogP contribution < -0.4 is 0 Å². The lowest BCUT2D eigenvalue weighted by Crippen LogP contribution is -2.36. The van der Waals surface area contributed by atoms with Crippen LogP contribution >= 0.6 is 0 Å². The van der Waals surface area contributed by atoms with E-state index in [4.69, 9.17) is 0 Å². The highest BCUT2D eigenvalue weighted by Gasteiger charge is 2.40. The van der Waals surface area contributed by atoms with Crippen molar-refractivity contribution in [1.82, 2.24) is 0 Å². The van der Waals surface area contributed by atoms with Crippen LogP contribution in [-0.4, -0.2) is 6.29 Å². The summed E-state index contributed by atoms with van der Waals surface area (Å²) in [6, 6.07) is 0. The minimum absolute atomic E-state index is 0.0686. The van der Waals surface area contributed by atoms with Crippen molar-refractivity contribution < 1.29 is 4.79 Å². The zero-order valence-electron chi connectivity index (χ0n) is 11.2. The second kappa shape index (κ2) is 5.84. The quantitative estimate of drug-likeness (QED) is 0.518. The molecule has 0 spiro atoms. The van der Waals surface area contributed by atoms with Gasteiger partial charge in [0.25, 0.3) is 0 Å². The molecule has 2 fully saturated rings. The number of rotatable bonds is 3. The third-order valence-corrected chi connectivity index (χ3v) is 5.07. The minimum atomic E-state index is 0.0686. The van der Waals surface area contributed by atoms with Crippen molar-refractivity contribution in [2.24, 2.45) is 17.3 Å². The molecule has 1 heteroatoms. The normalized spacial score (nSPS) is 33.7. The Hall–Kier alpha value is -0.590. The monoisotopic (exact) mass is 234 g/mol. The van der Waals surface area contributed by atoms with Crippen LogP contribution in [0.1, 0.15) is 64.7 Å². The molecular weight excluding hydrogens is 208 g/mol. The Balaban J connectivity index is 1.96. The molecule has 0 saturated heterocycles. The molecule has 0 atom stereocenters. The summed E-state index contributed by atoms with van der Waals surface area (Å²) in [4.78, 5) is 11.6. The SMILES string of the molecule is CC=C[C@H]1CC[C@H](C2(C=O)CCCCC2)CC1. The number of hydrogen-bond acceptors (Lipinski definition) is 1. The van der Waals surface area contributed by atoms with Gasteiger partial charge in [0.1, 0.15) is 6.29 Å². The van der Waals surface area contributed by atoms with Gasteiger partial charge in [-0.05, 0) is 57.3 Å². The Bertz CT molecular complexity index is 265. The molecule has 0 bridgehead atoms. The summed E-state index contributed by atoms with van der Waals surface area (Å²) < 4.78 is 0. The third-order valence-electron chi connectivity index (χ3n) is 5.07. The first-order valence-electron chi connectivity index (χ1n) is 7.40. The molecule has 2 aliphatic rings. The first-order valence-corrected chi connectivity index (χ1v) is 7.40. The second-order valence-electron chi connectivity index (χ2n) is 6.05. The van der Waals surface area contributed by atoms with Crippen molar-refractivity contribution in [2.75, 3.05) is 0 Å². The van der Waals surface area contributed by atoms with E-state index in [-0.39, 0.29) is 5.41 Å². The molecule has 0 heterocycles. The van der Waals surface area contributed by atoms with Crippen molar-refractivity contribution in [3.63, 3.8) is 0 Å². The van der Waals surface area contributed by atoms with Gasteiger partial charge in [-0.25, -0.2) is 0 Å². The van der Waals surface area contributed by atoms with Crippen LogP contribution in [0.25, 0.3) is 0 Å². The molecule has 2 rings (SSSR count). The second-order valence-corrected chi connectivity index (χ2v) is 6.05. The smallest absolute Gasteiger partial charge is 0.126 e. The maximum absolute atomic E-state index is 11.6. The predicted octanol–water partition coefficient (Wildman–Crippen LogP) is 4.52. The van der Waals surface area contributed by atoms with Crippen LogP contribution in [0.15, 0.2) is 12.2 Å². The Morgan fingerprint density at radius 2 is 1.65 bits per heavy atom. The van der Waals surface area contributed by atoms with Gasteiger partial charge < -0.3 is 4.79 Å². The molecule has 0 aromatic carbocycles. The van der Waals surface area contributed by atoms with E-state index in [1.807, 2.05) is 0 Å². The Labute approximate surface area is 106 Å². The lowest BCUT2D eigenvalue weighted by molar-refractivity contribution is -0.122. The van der Waals surface area contributed by atoms with E-state index >= 15 is 0 Å². The topological polar surface area (TPSA) is 17.1 Å². The molecule has 2 aliphatic carbocycles. The van der Waals surface area contributed by atoms with E-state index in [9.17, 15) is 4.79 Å². The average Bonchev–Trinajstić information content (AvgIpc) is 2.41. The van der Waals surface area contributed by atoms with Gasteiger partial charge in [0.15, 0.2) is 0 Å². The number of aldehydes is 1. The zero-order chi connectivity index (χ0) is 12.1. The molecule has 0 radical (unpaired) electrons. The lowest BCUT2D eigenvalue weighted by Gasteiger charge is -2.42. The van der Waals surface area contributed by atoms with E-state index < -0.39 is 0 Å². The highest BCUT2D eigenvalue weighted by atomic mass is 16.1. The van der Waals surface area contributed by atoms with Crippen LogP contribution in [0, 0.1) is 17.3 Å². The highest BCUT2D eigenvalue weighted by Crippen LogP contribution is 2.47. The fourth-order valence-corrected chi connectivity index (χ4v) is 3.99. The Morgan fingerprint density at radius 3 is 2.18 bits per heavy atom. The average molecular weight is 234 g/mol. The first-order chi connectivity index (χ1) is 8.30. The predicted molar refractivity (Wildman–Crippen MR) is 71.8 cm³/mol. The van der Waals surface area contributed by atoms with Gasteiger partial charge in [-0.2, -0.15) is 0 Å². The molecule has 0 aromatic heterocycles. The molecular formula is C16H26O.